The molecule has 0 aliphatic carbocycles. The number of hydrogen-bond donors (Lipinski definition) is 0. The van der Waals surface area contributed by atoms with Crippen LogP contribution in [0.15, 0.2) is 144 Å². The highest BCUT2D eigenvalue weighted by Gasteiger charge is 2.19. The molecule has 4 heteroatoms. The Balaban J connectivity index is 1.14. The van der Waals surface area contributed by atoms with E-state index < -0.39 is 0 Å². The van der Waals surface area contributed by atoms with E-state index in [0.717, 1.165) is 82.9 Å². The molecule has 0 spiro atoms. The first kappa shape index (κ1) is 24.4. The maximum Gasteiger partial charge on any atom is 0.160 e. The average molecular weight is 562 g/mol. The highest BCUT2D eigenvalue weighted by molar-refractivity contribution is 6.19. The van der Waals surface area contributed by atoms with Gasteiger partial charge < -0.3 is 4.42 Å². The standard InChI is InChI=1S/C40H23N3O/c41-24-25-9-11-26(12-10-25)27-13-15-28(16-14-27)29-17-19-30(20-18-29)31-21-22-37-34(23-31)38-39(44-37)32-5-1-2-6-33(32)40-42-35-7-3-4-8-36(35)43(38)40/h1-23H. The summed E-state index contributed by atoms with van der Waals surface area (Å²) in [6.45, 7) is 0. The van der Waals surface area contributed by atoms with Crippen LogP contribution in [0.1, 0.15) is 5.56 Å². The van der Waals surface area contributed by atoms with Crippen molar-refractivity contribution in [3.05, 3.63) is 145 Å². The Kier molecular flexibility index (Phi) is 5.23. The fourth-order valence-electron chi connectivity index (χ4n) is 6.43. The molecule has 0 aliphatic rings. The summed E-state index contributed by atoms with van der Waals surface area (Å²) >= 11 is 0. The molecule has 0 fully saturated rings. The zero-order valence-corrected chi connectivity index (χ0v) is 23.5. The van der Waals surface area contributed by atoms with Crippen LogP contribution in [-0.2, 0) is 0 Å². The van der Waals surface area contributed by atoms with Crippen LogP contribution in [0.5, 0.6) is 0 Å². The van der Waals surface area contributed by atoms with Gasteiger partial charge in [-0.1, -0.05) is 103 Å². The molecule has 0 radical (unpaired) electrons. The molecule has 0 atom stereocenters. The molecule has 44 heavy (non-hydrogen) atoms. The summed E-state index contributed by atoms with van der Waals surface area (Å²) in [5.41, 5.74) is 13.3. The van der Waals surface area contributed by atoms with E-state index >= 15 is 0 Å². The third kappa shape index (κ3) is 3.67. The summed E-state index contributed by atoms with van der Waals surface area (Å²) in [6.07, 6.45) is 0. The van der Waals surface area contributed by atoms with E-state index in [2.05, 4.69) is 120 Å². The Hall–Kier alpha value is -6.18. The zero-order valence-electron chi connectivity index (χ0n) is 23.5. The topological polar surface area (TPSA) is 54.2 Å². The Morgan fingerprint density at radius 3 is 1.75 bits per heavy atom. The predicted octanol–water partition coefficient (Wildman–Crippen LogP) is 10.4. The molecular weight excluding hydrogens is 538 g/mol. The number of furan rings is 1. The van der Waals surface area contributed by atoms with Crippen molar-refractivity contribution >= 4 is 49.5 Å². The third-order valence-electron chi connectivity index (χ3n) is 8.64. The lowest BCUT2D eigenvalue weighted by molar-refractivity contribution is 0.672. The second-order valence-electron chi connectivity index (χ2n) is 11.1. The van der Waals surface area contributed by atoms with Crippen molar-refractivity contribution in [2.45, 2.75) is 0 Å². The number of nitriles is 1. The van der Waals surface area contributed by atoms with Crippen LogP contribution in [-0.4, -0.2) is 9.38 Å². The molecule has 9 aromatic rings. The molecule has 6 aromatic carbocycles. The highest BCUT2D eigenvalue weighted by Crippen LogP contribution is 2.39. The zero-order chi connectivity index (χ0) is 29.2. The van der Waals surface area contributed by atoms with Crippen molar-refractivity contribution in [3.8, 4) is 39.4 Å². The first-order valence-electron chi connectivity index (χ1n) is 14.6. The first-order valence-corrected chi connectivity index (χ1v) is 14.6. The van der Waals surface area contributed by atoms with Gasteiger partial charge in [-0.2, -0.15) is 5.26 Å². The smallest absolute Gasteiger partial charge is 0.160 e. The van der Waals surface area contributed by atoms with Gasteiger partial charge in [-0.15, -0.1) is 0 Å². The monoisotopic (exact) mass is 561 g/mol. The van der Waals surface area contributed by atoms with Gasteiger partial charge in [0, 0.05) is 16.2 Å². The normalized spacial score (nSPS) is 11.6. The number of aromatic nitrogens is 2. The fourth-order valence-corrected chi connectivity index (χ4v) is 6.43. The summed E-state index contributed by atoms with van der Waals surface area (Å²) in [7, 11) is 0. The summed E-state index contributed by atoms with van der Waals surface area (Å²) < 4.78 is 8.81. The van der Waals surface area contributed by atoms with Crippen LogP contribution in [0.3, 0.4) is 0 Å². The second kappa shape index (κ2) is 9.42. The van der Waals surface area contributed by atoms with Gasteiger partial charge in [0.25, 0.3) is 0 Å². The Labute approximate surface area is 252 Å². The molecule has 0 amide bonds. The number of pyridine rings is 1. The number of benzene rings is 6. The van der Waals surface area contributed by atoms with E-state index in [1.807, 2.05) is 30.3 Å². The molecule has 204 valence electrons. The minimum absolute atomic E-state index is 0.669. The van der Waals surface area contributed by atoms with E-state index in [9.17, 15) is 0 Å². The average Bonchev–Trinajstić information content (AvgIpc) is 3.67. The molecule has 0 N–H and O–H groups in total. The molecule has 0 bridgehead atoms. The summed E-state index contributed by atoms with van der Waals surface area (Å²) in [6, 6.07) is 50.3. The Bertz CT molecular complexity index is 2580. The largest absolute Gasteiger partial charge is 0.454 e. The van der Waals surface area contributed by atoms with Gasteiger partial charge in [-0.05, 0) is 69.8 Å². The molecule has 0 unspecified atom stereocenters. The highest BCUT2D eigenvalue weighted by atomic mass is 16.3. The minimum Gasteiger partial charge on any atom is -0.454 e. The number of rotatable bonds is 3. The fraction of sp³-hybridized carbons (Fsp3) is 0. The van der Waals surface area contributed by atoms with Gasteiger partial charge in [0.05, 0.1) is 22.7 Å². The number of nitrogens with zero attached hydrogens (tertiary/aromatic N) is 3. The van der Waals surface area contributed by atoms with Gasteiger partial charge in [0.1, 0.15) is 16.7 Å². The van der Waals surface area contributed by atoms with Crippen LogP contribution in [0.25, 0.3) is 82.9 Å². The van der Waals surface area contributed by atoms with Crippen LogP contribution in [0.4, 0.5) is 0 Å². The second-order valence-corrected chi connectivity index (χ2v) is 11.1. The molecule has 3 heterocycles. The van der Waals surface area contributed by atoms with Crippen molar-refractivity contribution < 1.29 is 4.42 Å². The Morgan fingerprint density at radius 1 is 0.545 bits per heavy atom. The van der Waals surface area contributed by atoms with Gasteiger partial charge in [0.15, 0.2) is 5.58 Å². The number of fused-ring (bicyclic) bond motifs is 10. The quantitative estimate of drug-likeness (QED) is 0.216. The van der Waals surface area contributed by atoms with Gasteiger partial charge in [-0.3, -0.25) is 4.40 Å². The van der Waals surface area contributed by atoms with Gasteiger partial charge in [0.2, 0.25) is 0 Å². The van der Waals surface area contributed by atoms with E-state index in [-0.39, 0.29) is 0 Å². The van der Waals surface area contributed by atoms with Crippen LogP contribution >= 0.6 is 0 Å². The van der Waals surface area contributed by atoms with Gasteiger partial charge >= 0.3 is 0 Å². The lowest BCUT2D eigenvalue weighted by atomic mass is 9.97. The SMILES string of the molecule is N#Cc1ccc(-c2ccc(-c3ccc(-c4ccc5oc6c7ccccc7c7nc8ccccc8n7c6c5c4)cc3)cc2)cc1. The summed E-state index contributed by atoms with van der Waals surface area (Å²) in [4.78, 5) is 5.04. The number of hydrogen-bond acceptors (Lipinski definition) is 3. The maximum atomic E-state index is 9.07. The van der Waals surface area contributed by atoms with Gasteiger partial charge in [-0.25, -0.2) is 4.98 Å². The van der Waals surface area contributed by atoms with Crippen molar-refractivity contribution in [1.29, 1.82) is 5.26 Å². The molecule has 4 nitrogen and oxygen atoms in total. The van der Waals surface area contributed by atoms with Crippen molar-refractivity contribution in [2.75, 3.05) is 0 Å². The molecule has 3 aromatic heterocycles. The molecule has 9 rings (SSSR count). The van der Waals surface area contributed by atoms with Crippen molar-refractivity contribution in [3.63, 3.8) is 0 Å². The lowest BCUT2D eigenvalue weighted by Gasteiger charge is -2.08. The molecular formula is C40H23N3O. The minimum atomic E-state index is 0.669. The van der Waals surface area contributed by atoms with Crippen molar-refractivity contribution in [1.82, 2.24) is 9.38 Å². The Morgan fingerprint density at radius 2 is 1.09 bits per heavy atom. The van der Waals surface area contributed by atoms with E-state index in [4.69, 9.17) is 14.7 Å². The van der Waals surface area contributed by atoms with Crippen LogP contribution in [0, 0.1) is 11.3 Å². The predicted molar refractivity (Wildman–Crippen MR) is 179 cm³/mol. The molecule has 0 saturated heterocycles. The number of imidazole rings is 1. The van der Waals surface area contributed by atoms with Crippen LogP contribution < -0.4 is 0 Å². The van der Waals surface area contributed by atoms with E-state index in [1.165, 1.54) is 0 Å². The van der Waals surface area contributed by atoms with Crippen LogP contribution in [0.2, 0.25) is 0 Å². The summed E-state index contributed by atoms with van der Waals surface area (Å²) in [5.74, 6) is 0. The van der Waals surface area contributed by atoms with E-state index in [0.29, 0.717) is 5.56 Å². The maximum absolute atomic E-state index is 9.07. The number of para-hydroxylation sites is 2. The summed E-state index contributed by atoms with van der Waals surface area (Å²) in [5, 5.41) is 12.3. The van der Waals surface area contributed by atoms with Crippen molar-refractivity contribution in [2.24, 2.45) is 0 Å². The molecule has 0 aliphatic heterocycles. The third-order valence-corrected chi connectivity index (χ3v) is 8.64. The van der Waals surface area contributed by atoms with E-state index in [1.54, 1.807) is 0 Å². The first-order chi connectivity index (χ1) is 21.7. The molecule has 0 saturated carbocycles. The lowest BCUT2D eigenvalue weighted by Crippen LogP contribution is -1.89.